The monoisotopic (exact) mass is 299 g/mol. The predicted octanol–water partition coefficient (Wildman–Crippen LogP) is 4.12. The molecule has 2 aromatic carbocycles. The molecule has 0 bridgehead atoms. The Morgan fingerprint density at radius 2 is 1.90 bits per heavy atom. The summed E-state index contributed by atoms with van der Waals surface area (Å²) in [5.74, 6) is 1.01. The number of benzene rings is 2. The van der Waals surface area contributed by atoms with Crippen LogP contribution in [0.5, 0.6) is 5.75 Å². The smallest absolute Gasteiger partial charge is 0.124 e. The fraction of sp³-hybridized carbons (Fsp3) is 0.333. The molecule has 0 amide bonds. The number of rotatable bonds is 3. The lowest BCUT2D eigenvalue weighted by atomic mass is 10.0. The molecule has 1 N–H and O–H groups in total. The van der Waals surface area contributed by atoms with Gasteiger partial charge in [-0.25, -0.2) is 0 Å². The van der Waals surface area contributed by atoms with Crippen LogP contribution >= 0.6 is 11.8 Å². The van der Waals surface area contributed by atoms with E-state index in [1.54, 1.807) is 0 Å². The standard InChI is InChI=1S/C18H21NOS/c1-12-8-9-14(10-13(12)2)21-17-11-20-16-7-5-4-6-15(16)18(17)19-3/h4-10,17-19H,11H2,1-3H3. The summed E-state index contributed by atoms with van der Waals surface area (Å²) in [6.45, 7) is 5.06. The summed E-state index contributed by atoms with van der Waals surface area (Å²) in [4.78, 5) is 1.31. The summed E-state index contributed by atoms with van der Waals surface area (Å²) >= 11 is 1.90. The number of fused-ring (bicyclic) bond motifs is 1. The number of para-hydroxylation sites is 1. The number of aryl methyl sites for hydroxylation is 2. The Labute approximate surface area is 130 Å². The van der Waals surface area contributed by atoms with Crippen molar-refractivity contribution in [3.05, 3.63) is 59.2 Å². The van der Waals surface area contributed by atoms with Gasteiger partial charge in [0.2, 0.25) is 0 Å². The second kappa shape index (κ2) is 6.12. The zero-order chi connectivity index (χ0) is 14.8. The first-order valence-electron chi connectivity index (χ1n) is 7.32. The minimum atomic E-state index is 0.321. The Kier molecular flexibility index (Phi) is 4.22. The second-order valence-corrected chi connectivity index (χ2v) is 6.83. The van der Waals surface area contributed by atoms with E-state index in [0.29, 0.717) is 11.3 Å². The molecule has 0 spiro atoms. The molecular formula is C18H21NOS. The van der Waals surface area contributed by atoms with Crippen LogP contribution < -0.4 is 10.1 Å². The van der Waals surface area contributed by atoms with Gasteiger partial charge in [-0.15, -0.1) is 11.8 Å². The van der Waals surface area contributed by atoms with Gasteiger partial charge in [-0.2, -0.15) is 0 Å². The maximum absolute atomic E-state index is 5.93. The predicted molar refractivity (Wildman–Crippen MR) is 89.3 cm³/mol. The molecule has 0 radical (unpaired) electrons. The Hall–Kier alpha value is -1.45. The van der Waals surface area contributed by atoms with E-state index in [9.17, 15) is 0 Å². The van der Waals surface area contributed by atoms with Crippen LogP contribution in [0.2, 0.25) is 0 Å². The summed E-state index contributed by atoms with van der Waals surface area (Å²) in [5, 5.41) is 3.84. The van der Waals surface area contributed by atoms with Gasteiger partial charge >= 0.3 is 0 Å². The van der Waals surface area contributed by atoms with Crippen molar-refractivity contribution >= 4 is 11.8 Å². The highest BCUT2D eigenvalue weighted by molar-refractivity contribution is 8.00. The third-order valence-corrected chi connectivity index (χ3v) is 5.34. The lowest BCUT2D eigenvalue weighted by Crippen LogP contribution is -2.35. The van der Waals surface area contributed by atoms with Crippen molar-refractivity contribution in [1.29, 1.82) is 0 Å². The highest BCUT2D eigenvalue weighted by Crippen LogP contribution is 2.39. The van der Waals surface area contributed by atoms with E-state index < -0.39 is 0 Å². The Morgan fingerprint density at radius 3 is 2.67 bits per heavy atom. The summed E-state index contributed by atoms with van der Waals surface area (Å²) in [6.07, 6.45) is 0. The van der Waals surface area contributed by atoms with E-state index >= 15 is 0 Å². The average Bonchev–Trinajstić information content (AvgIpc) is 2.51. The highest BCUT2D eigenvalue weighted by Gasteiger charge is 2.30. The number of ether oxygens (including phenoxy) is 1. The molecule has 2 unspecified atom stereocenters. The van der Waals surface area contributed by atoms with E-state index in [0.717, 1.165) is 12.4 Å². The van der Waals surface area contributed by atoms with Crippen molar-refractivity contribution < 1.29 is 4.74 Å². The van der Waals surface area contributed by atoms with Crippen LogP contribution in [0.4, 0.5) is 0 Å². The first-order chi connectivity index (χ1) is 10.2. The van der Waals surface area contributed by atoms with E-state index in [-0.39, 0.29) is 0 Å². The minimum Gasteiger partial charge on any atom is -0.492 e. The maximum Gasteiger partial charge on any atom is 0.124 e. The van der Waals surface area contributed by atoms with Gasteiger partial charge in [0.05, 0.1) is 11.3 Å². The topological polar surface area (TPSA) is 21.3 Å². The zero-order valence-corrected chi connectivity index (χ0v) is 13.5. The van der Waals surface area contributed by atoms with Gasteiger partial charge in [0.25, 0.3) is 0 Å². The van der Waals surface area contributed by atoms with Gasteiger partial charge in [0, 0.05) is 10.5 Å². The molecular weight excluding hydrogens is 278 g/mol. The molecule has 3 rings (SSSR count). The maximum atomic E-state index is 5.93. The van der Waals surface area contributed by atoms with Gasteiger partial charge in [-0.05, 0) is 50.2 Å². The molecule has 3 heteroatoms. The average molecular weight is 299 g/mol. The first kappa shape index (κ1) is 14.5. The number of nitrogens with one attached hydrogen (secondary N) is 1. The van der Waals surface area contributed by atoms with Crippen LogP contribution in [-0.2, 0) is 0 Å². The van der Waals surface area contributed by atoms with Crippen molar-refractivity contribution in [3.8, 4) is 5.75 Å². The van der Waals surface area contributed by atoms with Crippen molar-refractivity contribution in [2.75, 3.05) is 13.7 Å². The van der Waals surface area contributed by atoms with Crippen LogP contribution in [0.15, 0.2) is 47.4 Å². The van der Waals surface area contributed by atoms with E-state index in [2.05, 4.69) is 55.6 Å². The summed E-state index contributed by atoms with van der Waals surface area (Å²) in [5.41, 5.74) is 3.94. The second-order valence-electron chi connectivity index (χ2n) is 5.52. The first-order valence-corrected chi connectivity index (χ1v) is 8.20. The largest absolute Gasteiger partial charge is 0.492 e. The third kappa shape index (κ3) is 2.94. The van der Waals surface area contributed by atoms with Gasteiger partial charge in [0.1, 0.15) is 12.4 Å². The molecule has 0 aromatic heterocycles. The van der Waals surface area contributed by atoms with Crippen LogP contribution in [0.3, 0.4) is 0 Å². The number of thioether (sulfide) groups is 1. The quantitative estimate of drug-likeness (QED) is 0.921. The SMILES string of the molecule is CNC1c2ccccc2OCC1Sc1ccc(C)c(C)c1. The molecule has 2 aromatic rings. The third-order valence-electron chi connectivity index (χ3n) is 4.11. The Morgan fingerprint density at radius 1 is 1.10 bits per heavy atom. The fourth-order valence-corrected chi connectivity index (χ4v) is 4.04. The van der Waals surface area contributed by atoms with Gasteiger partial charge < -0.3 is 10.1 Å². The van der Waals surface area contributed by atoms with Crippen LogP contribution in [0, 0.1) is 13.8 Å². The van der Waals surface area contributed by atoms with Gasteiger partial charge in [-0.1, -0.05) is 24.3 Å². The van der Waals surface area contributed by atoms with E-state index in [1.165, 1.54) is 21.6 Å². The van der Waals surface area contributed by atoms with Gasteiger partial charge in [0.15, 0.2) is 0 Å². The molecule has 0 saturated carbocycles. The summed E-state index contributed by atoms with van der Waals surface area (Å²) < 4.78 is 5.93. The molecule has 0 aliphatic carbocycles. The Balaban J connectivity index is 1.84. The Bertz CT molecular complexity index is 641. The fourth-order valence-electron chi connectivity index (χ4n) is 2.74. The highest BCUT2D eigenvalue weighted by atomic mass is 32.2. The molecule has 110 valence electrons. The zero-order valence-electron chi connectivity index (χ0n) is 12.7. The molecule has 1 heterocycles. The molecule has 21 heavy (non-hydrogen) atoms. The molecule has 2 nitrogen and oxygen atoms in total. The molecule has 0 fully saturated rings. The van der Waals surface area contributed by atoms with Crippen LogP contribution in [0.1, 0.15) is 22.7 Å². The van der Waals surface area contributed by atoms with Crippen molar-refractivity contribution in [1.82, 2.24) is 5.32 Å². The molecule has 1 aliphatic rings. The molecule has 1 aliphatic heterocycles. The van der Waals surface area contributed by atoms with Crippen molar-refractivity contribution in [2.24, 2.45) is 0 Å². The van der Waals surface area contributed by atoms with E-state index in [1.807, 2.05) is 24.9 Å². The van der Waals surface area contributed by atoms with Crippen molar-refractivity contribution in [2.45, 2.75) is 30.0 Å². The number of hydrogen-bond donors (Lipinski definition) is 1. The summed E-state index contributed by atoms with van der Waals surface area (Å²) in [6, 6.07) is 15.3. The normalized spacial score (nSPS) is 20.7. The minimum absolute atomic E-state index is 0.321. The van der Waals surface area contributed by atoms with Crippen LogP contribution in [-0.4, -0.2) is 18.9 Å². The van der Waals surface area contributed by atoms with Gasteiger partial charge in [-0.3, -0.25) is 0 Å². The van der Waals surface area contributed by atoms with E-state index in [4.69, 9.17) is 4.74 Å². The van der Waals surface area contributed by atoms with Crippen molar-refractivity contribution in [3.63, 3.8) is 0 Å². The molecule has 2 atom stereocenters. The molecule has 0 saturated heterocycles. The lowest BCUT2D eigenvalue weighted by molar-refractivity contribution is 0.265. The summed E-state index contributed by atoms with van der Waals surface area (Å²) in [7, 11) is 2.03. The lowest BCUT2D eigenvalue weighted by Gasteiger charge is -2.33. The van der Waals surface area contributed by atoms with Crippen LogP contribution in [0.25, 0.3) is 0 Å². The number of hydrogen-bond acceptors (Lipinski definition) is 3.